The first-order chi connectivity index (χ1) is 11.8. The van der Waals surface area contributed by atoms with Gasteiger partial charge in [0, 0.05) is 0 Å². The van der Waals surface area contributed by atoms with E-state index in [-0.39, 0.29) is 5.56 Å². The van der Waals surface area contributed by atoms with Gasteiger partial charge in [-0.25, -0.2) is 9.59 Å². The van der Waals surface area contributed by atoms with Gasteiger partial charge in [-0.3, -0.25) is 4.55 Å². The van der Waals surface area contributed by atoms with Gasteiger partial charge in [0.25, 0.3) is 0 Å². The van der Waals surface area contributed by atoms with Crippen molar-refractivity contribution in [2.75, 3.05) is 6.61 Å². The summed E-state index contributed by atoms with van der Waals surface area (Å²) in [5.41, 5.74) is 2.63. The average molecular weight is 388 g/mol. The molecule has 0 aliphatic carbocycles. The molecule has 0 bridgehead atoms. The number of halogens is 2. The number of ether oxygens (including phenoxy) is 2. The summed E-state index contributed by atoms with van der Waals surface area (Å²) in [5.74, 6) is -2.21. The van der Waals surface area contributed by atoms with Crippen molar-refractivity contribution in [1.29, 1.82) is 0 Å². The standard InChI is InChI=1S/C13H17B3F2O7S/c1-6(13(17,18)26(21,22)23)25-11(19)5-24-12(20)8-2-7(15)3-10(16)9(8)4-14/h2-3,6H,4-5,14-16H2,1H3,(H,21,22,23). The van der Waals surface area contributed by atoms with E-state index < -0.39 is 40.0 Å². The SMILES string of the molecule is BCc1c(B)cc(B)cc1C(=O)OCC(=O)OC(C)C(F)(F)S(=O)(=O)O. The van der Waals surface area contributed by atoms with Crippen molar-refractivity contribution in [2.45, 2.75) is 24.6 Å². The van der Waals surface area contributed by atoms with Gasteiger partial charge in [-0.2, -0.15) is 17.2 Å². The van der Waals surface area contributed by atoms with E-state index >= 15 is 0 Å². The number of carbonyl (C=O) groups is 2. The Kier molecular flexibility index (Phi) is 7.00. The number of benzene rings is 1. The molecule has 0 heterocycles. The molecule has 1 aromatic rings. The molecule has 1 unspecified atom stereocenters. The summed E-state index contributed by atoms with van der Waals surface area (Å²) in [6.45, 7) is -0.395. The van der Waals surface area contributed by atoms with Gasteiger partial charge in [0.15, 0.2) is 12.7 Å². The minimum absolute atomic E-state index is 0.245. The quantitative estimate of drug-likeness (QED) is 0.300. The van der Waals surface area contributed by atoms with Crippen LogP contribution in [-0.4, -0.2) is 66.4 Å². The molecule has 1 N–H and O–H groups in total. The first kappa shape index (κ1) is 22.2. The second-order valence-corrected chi connectivity index (χ2v) is 7.20. The summed E-state index contributed by atoms with van der Waals surface area (Å²) in [4.78, 5) is 23.7. The van der Waals surface area contributed by atoms with Crippen molar-refractivity contribution in [3.63, 3.8) is 0 Å². The van der Waals surface area contributed by atoms with Crippen LogP contribution < -0.4 is 10.9 Å². The highest BCUT2D eigenvalue weighted by atomic mass is 32.2. The number of rotatable bonds is 7. The molecule has 0 saturated heterocycles. The zero-order chi connectivity index (χ0) is 20.3. The van der Waals surface area contributed by atoms with E-state index in [9.17, 15) is 26.8 Å². The molecule has 0 fully saturated rings. The van der Waals surface area contributed by atoms with Crippen LogP contribution in [0.25, 0.3) is 0 Å². The minimum atomic E-state index is -5.76. The highest BCUT2D eigenvalue weighted by Crippen LogP contribution is 2.27. The van der Waals surface area contributed by atoms with Crippen LogP contribution in [0.1, 0.15) is 22.8 Å². The maximum absolute atomic E-state index is 13.3. The molecule has 0 saturated carbocycles. The topological polar surface area (TPSA) is 107 Å². The lowest BCUT2D eigenvalue weighted by atomic mass is 9.77. The summed E-state index contributed by atoms with van der Waals surface area (Å²) in [5, 5.41) is -4.68. The molecule has 13 heteroatoms. The minimum Gasteiger partial charge on any atom is -0.452 e. The van der Waals surface area contributed by atoms with Gasteiger partial charge in [0.05, 0.1) is 5.56 Å². The predicted molar refractivity (Wildman–Crippen MR) is 97.4 cm³/mol. The summed E-state index contributed by atoms with van der Waals surface area (Å²) in [6, 6.07) is 3.46. The zero-order valence-electron chi connectivity index (χ0n) is 14.7. The van der Waals surface area contributed by atoms with Crippen molar-refractivity contribution in [3.05, 3.63) is 23.3 Å². The molecule has 0 aliphatic rings. The van der Waals surface area contributed by atoms with Crippen molar-refractivity contribution < 1.29 is 40.8 Å². The average Bonchev–Trinajstić information content (AvgIpc) is 2.50. The number of alkyl halides is 2. The maximum atomic E-state index is 13.3. The lowest BCUT2D eigenvalue weighted by Crippen LogP contribution is -2.42. The smallest absolute Gasteiger partial charge is 0.405 e. The second-order valence-electron chi connectivity index (χ2n) is 5.71. The third-order valence-electron chi connectivity index (χ3n) is 3.64. The van der Waals surface area contributed by atoms with E-state index in [1.165, 1.54) is 0 Å². The normalized spacial score (nSPS) is 13.1. The molecule has 0 amide bonds. The Labute approximate surface area is 152 Å². The van der Waals surface area contributed by atoms with Crippen LogP contribution in [0.2, 0.25) is 0 Å². The molecule has 0 radical (unpaired) electrons. The molecule has 7 nitrogen and oxygen atoms in total. The van der Waals surface area contributed by atoms with E-state index in [4.69, 9.17) is 9.29 Å². The summed E-state index contributed by atoms with van der Waals surface area (Å²) >= 11 is 0. The fraction of sp³-hybridized carbons (Fsp3) is 0.385. The number of hydrogen-bond acceptors (Lipinski definition) is 6. The van der Waals surface area contributed by atoms with E-state index in [1.807, 2.05) is 21.8 Å². The van der Waals surface area contributed by atoms with Crippen LogP contribution in [0.3, 0.4) is 0 Å². The van der Waals surface area contributed by atoms with E-state index in [0.717, 1.165) is 16.5 Å². The van der Waals surface area contributed by atoms with E-state index in [2.05, 4.69) is 4.74 Å². The van der Waals surface area contributed by atoms with Gasteiger partial charge in [-0.15, -0.1) is 0 Å². The Balaban J connectivity index is 2.79. The second kappa shape index (κ2) is 8.21. The van der Waals surface area contributed by atoms with Gasteiger partial charge in [0.2, 0.25) is 0 Å². The molecule has 1 atom stereocenters. The first-order valence-electron chi connectivity index (χ1n) is 7.62. The molecule has 0 aliphatic heterocycles. The van der Waals surface area contributed by atoms with E-state index in [0.29, 0.717) is 13.2 Å². The summed E-state index contributed by atoms with van der Waals surface area (Å²) < 4.78 is 65.3. The first-order valence-corrected chi connectivity index (χ1v) is 9.06. The highest BCUT2D eigenvalue weighted by Gasteiger charge is 2.52. The zero-order valence-corrected chi connectivity index (χ0v) is 15.5. The molecular formula is C13H17B3F2O7S. The summed E-state index contributed by atoms with van der Waals surface area (Å²) in [6.07, 6.45) is -1.92. The summed E-state index contributed by atoms with van der Waals surface area (Å²) in [7, 11) is -0.333. The molecular weight excluding hydrogens is 371 g/mol. The van der Waals surface area contributed by atoms with Crippen molar-refractivity contribution in [3.8, 4) is 0 Å². The Morgan fingerprint density at radius 3 is 2.38 bits per heavy atom. The Morgan fingerprint density at radius 2 is 1.88 bits per heavy atom. The van der Waals surface area contributed by atoms with Crippen LogP contribution in [0.5, 0.6) is 0 Å². The maximum Gasteiger partial charge on any atom is 0.405 e. The molecule has 1 aromatic carbocycles. The van der Waals surface area contributed by atoms with Gasteiger partial charge in [-0.05, 0) is 12.5 Å². The Morgan fingerprint density at radius 1 is 1.31 bits per heavy atom. The fourth-order valence-corrected chi connectivity index (χ4v) is 2.83. The molecule has 1 rings (SSSR count). The fourth-order valence-electron chi connectivity index (χ4n) is 2.36. The lowest BCUT2D eigenvalue weighted by molar-refractivity contribution is -0.162. The van der Waals surface area contributed by atoms with Crippen LogP contribution >= 0.6 is 0 Å². The van der Waals surface area contributed by atoms with Crippen molar-refractivity contribution in [2.24, 2.45) is 0 Å². The van der Waals surface area contributed by atoms with E-state index in [1.54, 1.807) is 13.9 Å². The van der Waals surface area contributed by atoms with Crippen LogP contribution in [0, 0.1) is 0 Å². The molecule has 140 valence electrons. The monoisotopic (exact) mass is 388 g/mol. The number of hydrogen-bond donors (Lipinski definition) is 1. The number of esters is 2. The number of carbonyl (C=O) groups excluding carboxylic acids is 2. The Bertz CT molecular complexity index is 814. The van der Waals surface area contributed by atoms with Gasteiger partial charge in [0.1, 0.15) is 23.5 Å². The Hall–Kier alpha value is -1.88. The van der Waals surface area contributed by atoms with Crippen molar-refractivity contribution >= 4 is 56.5 Å². The van der Waals surface area contributed by atoms with Crippen molar-refractivity contribution in [1.82, 2.24) is 0 Å². The molecule has 0 aromatic heterocycles. The molecule has 0 spiro atoms. The van der Waals surface area contributed by atoms with Gasteiger partial charge >= 0.3 is 27.3 Å². The highest BCUT2D eigenvalue weighted by molar-refractivity contribution is 7.86. The largest absolute Gasteiger partial charge is 0.452 e. The van der Waals surface area contributed by atoms with Gasteiger partial charge < -0.3 is 9.47 Å². The lowest BCUT2D eigenvalue weighted by Gasteiger charge is -2.20. The third kappa shape index (κ3) is 5.07. The van der Waals surface area contributed by atoms with Crippen LogP contribution in [-0.2, 0) is 30.7 Å². The van der Waals surface area contributed by atoms with Crippen LogP contribution in [0.15, 0.2) is 12.1 Å². The van der Waals surface area contributed by atoms with Crippen LogP contribution in [0.4, 0.5) is 8.78 Å². The third-order valence-corrected chi connectivity index (χ3v) is 4.66. The molecule has 26 heavy (non-hydrogen) atoms. The predicted octanol–water partition coefficient (Wildman–Crippen LogP) is -3.09. The van der Waals surface area contributed by atoms with Gasteiger partial charge in [-0.1, -0.05) is 29.4 Å².